The molecule has 78 valence electrons. The molecule has 0 unspecified atom stereocenters. The van der Waals surface area contributed by atoms with Crippen LogP contribution in [0.5, 0.6) is 0 Å². The quantitative estimate of drug-likeness (QED) is 0.567. The molecule has 1 fully saturated rings. The molecule has 0 spiro atoms. The lowest BCUT2D eigenvalue weighted by Gasteiger charge is -2.35. The van der Waals surface area contributed by atoms with E-state index in [0.717, 1.165) is 39.3 Å². The lowest BCUT2D eigenvalue weighted by molar-refractivity contribution is 0.142. The second kappa shape index (κ2) is 4.94. The summed E-state index contributed by atoms with van der Waals surface area (Å²) in [6.07, 6.45) is 0. The van der Waals surface area contributed by atoms with Gasteiger partial charge in [0.1, 0.15) is 0 Å². The number of hydrogen-bond acceptors (Lipinski definition) is 3. The molecular formula is C10H23N3. The Labute approximate surface area is 81.9 Å². The molecule has 3 nitrogen and oxygen atoms in total. The van der Waals surface area contributed by atoms with Crippen LogP contribution in [0.3, 0.4) is 0 Å². The highest BCUT2D eigenvalue weighted by molar-refractivity contribution is 4.78. The van der Waals surface area contributed by atoms with E-state index >= 15 is 0 Å². The van der Waals surface area contributed by atoms with Gasteiger partial charge in [-0.15, -0.1) is 0 Å². The molecule has 0 aromatic rings. The van der Waals surface area contributed by atoms with Crippen LogP contribution in [-0.4, -0.2) is 49.7 Å². The summed E-state index contributed by atoms with van der Waals surface area (Å²) in [6.45, 7) is 13.6. The van der Waals surface area contributed by atoms with Crippen LogP contribution >= 0.6 is 0 Å². The van der Waals surface area contributed by atoms with E-state index in [0.29, 0.717) is 5.54 Å². The molecule has 1 saturated heterocycles. The van der Waals surface area contributed by atoms with Crippen LogP contribution in [0.1, 0.15) is 20.8 Å². The predicted molar refractivity (Wildman–Crippen MR) is 57.1 cm³/mol. The third-order valence-corrected chi connectivity index (χ3v) is 2.54. The molecule has 1 aliphatic rings. The van der Waals surface area contributed by atoms with Gasteiger partial charge in [0.15, 0.2) is 0 Å². The molecule has 0 radical (unpaired) electrons. The Hall–Kier alpha value is -0.120. The minimum atomic E-state index is 0.299. The standard InChI is InChI=1S/C10H23N3/c1-10(2,3)13-8-6-11-4-5-12-7-9-13/h11-12H,4-9H2,1-3H3. The molecule has 0 aliphatic carbocycles. The Morgan fingerprint density at radius 3 is 1.69 bits per heavy atom. The zero-order chi connectivity index (χ0) is 9.73. The van der Waals surface area contributed by atoms with Crippen molar-refractivity contribution in [3.8, 4) is 0 Å². The Morgan fingerprint density at radius 2 is 1.31 bits per heavy atom. The normalized spacial score (nSPS) is 23.3. The maximum Gasteiger partial charge on any atom is 0.0126 e. The Balaban J connectivity index is 2.41. The molecule has 1 rings (SSSR count). The lowest BCUT2D eigenvalue weighted by atomic mass is 10.1. The van der Waals surface area contributed by atoms with E-state index in [1.165, 1.54) is 0 Å². The van der Waals surface area contributed by atoms with Crippen LogP contribution < -0.4 is 10.6 Å². The largest absolute Gasteiger partial charge is 0.314 e. The van der Waals surface area contributed by atoms with Gasteiger partial charge in [0.2, 0.25) is 0 Å². The fourth-order valence-corrected chi connectivity index (χ4v) is 1.64. The Kier molecular flexibility index (Phi) is 4.16. The number of nitrogens with one attached hydrogen (secondary N) is 2. The summed E-state index contributed by atoms with van der Waals surface area (Å²) < 4.78 is 0. The van der Waals surface area contributed by atoms with Crippen molar-refractivity contribution < 1.29 is 0 Å². The zero-order valence-corrected chi connectivity index (χ0v) is 9.19. The summed E-state index contributed by atoms with van der Waals surface area (Å²) in [7, 11) is 0. The van der Waals surface area contributed by atoms with Gasteiger partial charge in [0.25, 0.3) is 0 Å². The smallest absolute Gasteiger partial charge is 0.0126 e. The minimum Gasteiger partial charge on any atom is -0.314 e. The number of hydrogen-bond donors (Lipinski definition) is 2. The van der Waals surface area contributed by atoms with E-state index in [2.05, 4.69) is 36.3 Å². The van der Waals surface area contributed by atoms with Crippen LogP contribution in [0.25, 0.3) is 0 Å². The highest BCUT2D eigenvalue weighted by Gasteiger charge is 2.20. The fourth-order valence-electron chi connectivity index (χ4n) is 1.64. The third kappa shape index (κ3) is 4.07. The van der Waals surface area contributed by atoms with Crippen LogP contribution in [0, 0.1) is 0 Å². The van der Waals surface area contributed by atoms with Gasteiger partial charge in [-0.05, 0) is 20.8 Å². The minimum absolute atomic E-state index is 0.299. The van der Waals surface area contributed by atoms with E-state index in [-0.39, 0.29) is 0 Å². The number of rotatable bonds is 0. The van der Waals surface area contributed by atoms with Crippen molar-refractivity contribution in [3.63, 3.8) is 0 Å². The van der Waals surface area contributed by atoms with Gasteiger partial charge in [-0.25, -0.2) is 0 Å². The first-order chi connectivity index (χ1) is 6.11. The highest BCUT2D eigenvalue weighted by atomic mass is 15.2. The molecule has 1 aliphatic heterocycles. The lowest BCUT2D eigenvalue weighted by Crippen LogP contribution is -2.46. The van der Waals surface area contributed by atoms with Crippen molar-refractivity contribution >= 4 is 0 Å². The van der Waals surface area contributed by atoms with Crippen molar-refractivity contribution in [1.82, 2.24) is 15.5 Å². The van der Waals surface area contributed by atoms with Gasteiger partial charge in [0.05, 0.1) is 0 Å². The van der Waals surface area contributed by atoms with Crippen molar-refractivity contribution in [2.24, 2.45) is 0 Å². The summed E-state index contributed by atoms with van der Waals surface area (Å²) in [5.41, 5.74) is 0.299. The summed E-state index contributed by atoms with van der Waals surface area (Å²) in [5, 5.41) is 6.85. The van der Waals surface area contributed by atoms with Gasteiger partial charge in [-0.1, -0.05) is 0 Å². The zero-order valence-electron chi connectivity index (χ0n) is 9.19. The van der Waals surface area contributed by atoms with E-state index in [4.69, 9.17) is 0 Å². The topological polar surface area (TPSA) is 27.3 Å². The average molecular weight is 185 g/mol. The summed E-state index contributed by atoms with van der Waals surface area (Å²) in [6, 6.07) is 0. The molecule has 1 heterocycles. The third-order valence-electron chi connectivity index (χ3n) is 2.54. The van der Waals surface area contributed by atoms with Crippen LogP contribution in [0.4, 0.5) is 0 Å². The fraction of sp³-hybridized carbons (Fsp3) is 1.00. The molecule has 0 atom stereocenters. The van der Waals surface area contributed by atoms with Crippen LogP contribution in [0.15, 0.2) is 0 Å². The average Bonchev–Trinajstić information content (AvgIpc) is 2.14. The molecule has 0 bridgehead atoms. The van der Waals surface area contributed by atoms with Crippen molar-refractivity contribution in [2.75, 3.05) is 39.3 Å². The number of nitrogens with zero attached hydrogens (tertiary/aromatic N) is 1. The molecule has 0 saturated carbocycles. The summed E-state index contributed by atoms with van der Waals surface area (Å²) >= 11 is 0. The van der Waals surface area contributed by atoms with Gasteiger partial charge in [-0.3, -0.25) is 4.90 Å². The summed E-state index contributed by atoms with van der Waals surface area (Å²) in [5.74, 6) is 0. The van der Waals surface area contributed by atoms with Crippen molar-refractivity contribution in [3.05, 3.63) is 0 Å². The molecular weight excluding hydrogens is 162 g/mol. The van der Waals surface area contributed by atoms with E-state index in [1.54, 1.807) is 0 Å². The molecule has 3 heteroatoms. The second-order valence-corrected chi connectivity index (χ2v) is 4.66. The monoisotopic (exact) mass is 185 g/mol. The predicted octanol–water partition coefficient (Wildman–Crippen LogP) is 0.280. The van der Waals surface area contributed by atoms with Crippen LogP contribution in [0.2, 0.25) is 0 Å². The van der Waals surface area contributed by atoms with Gasteiger partial charge < -0.3 is 10.6 Å². The van der Waals surface area contributed by atoms with Gasteiger partial charge in [0, 0.05) is 44.8 Å². The molecule has 0 aromatic heterocycles. The van der Waals surface area contributed by atoms with Crippen molar-refractivity contribution in [1.29, 1.82) is 0 Å². The summed E-state index contributed by atoms with van der Waals surface area (Å²) in [4.78, 5) is 2.53. The first kappa shape index (κ1) is 11.0. The first-order valence-corrected chi connectivity index (χ1v) is 5.27. The van der Waals surface area contributed by atoms with Crippen molar-refractivity contribution in [2.45, 2.75) is 26.3 Å². The molecule has 0 amide bonds. The van der Waals surface area contributed by atoms with Gasteiger partial charge >= 0.3 is 0 Å². The SMILES string of the molecule is CC(C)(C)N1CCNCCNCC1. The van der Waals surface area contributed by atoms with E-state index < -0.39 is 0 Å². The second-order valence-electron chi connectivity index (χ2n) is 4.66. The van der Waals surface area contributed by atoms with E-state index in [1.807, 2.05) is 0 Å². The maximum absolute atomic E-state index is 3.43. The van der Waals surface area contributed by atoms with Gasteiger partial charge in [-0.2, -0.15) is 0 Å². The first-order valence-electron chi connectivity index (χ1n) is 5.27. The maximum atomic E-state index is 3.43. The molecule has 0 aromatic carbocycles. The Morgan fingerprint density at radius 1 is 0.846 bits per heavy atom. The highest BCUT2D eigenvalue weighted by Crippen LogP contribution is 2.11. The van der Waals surface area contributed by atoms with E-state index in [9.17, 15) is 0 Å². The van der Waals surface area contributed by atoms with Crippen LogP contribution in [-0.2, 0) is 0 Å². The molecule has 2 N–H and O–H groups in total. The molecule has 13 heavy (non-hydrogen) atoms. The Bertz CT molecular complexity index is 130.